The second-order valence-electron chi connectivity index (χ2n) is 8.47. The number of amides is 2. The summed E-state index contributed by atoms with van der Waals surface area (Å²) in [6.45, 7) is 2.81. The molecule has 1 atom stereocenters. The first-order valence-electron chi connectivity index (χ1n) is 10.3. The van der Waals surface area contributed by atoms with Gasteiger partial charge in [0, 0.05) is 23.5 Å². The fraction of sp³-hybridized carbons (Fsp3) is 0.545. The van der Waals surface area contributed by atoms with Crippen LogP contribution in [0.25, 0.3) is 10.9 Å². The van der Waals surface area contributed by atoms with Crippen LogP contribution in [0.2, 0.25) is 0 Å². The highest BCUT2D eigenvalue weighted by Crippen LogP contribution is 2.43. The van der Waals surface area contributed by atoms with Gasteiger partial charge in [-0.3, -0.25) is 9.59 Å². The summed E-state index contributed by atoms with van der Waals surface area (Å²) in [6.07, 6.45) is 7.63. The summed E-state index contributed by atoms with van der Waals surface area (Å²) in [5.41, 5.74) is 2.27. The first-order valence-corrected chi connectivity index (χ1v) is 10.3. The molecule has 2 amide bonds. The number of nitrogens with one attached hydrogen (secondary N) is 1. The molecule has 1 saturated heterocycles. The van der Waals surface area contributed by atoms with Crippen molar-refractivity contribution in [3.05, 3.63) is 35.5 Å². The summed E-state index contributed by atoms with van der Waals surface area (Å²) in [5.74, 6) is 0.187. The van der Waals surface area contributed by atoms with Gasteiger partial charge in [0.1, 0.15) is 6.54 Å². The number of rotatable bonds is 1. The van der Waals surface area contributed by atoms with E-state index in [0.717, 1.165) is 43.3 Å². The third-order valence-electron chi connectivity index (χ3n) is 6.98. The van der Waals surface area contributed by atoms with Crippen molar-refractivity contribution in [2.24, 2.45) is 0 Å². The van der Waals surface area contributed by atoms with Gasteiger partial charge in [-0.15, -0.1) is 0 Å². The van der Waals surface area contributed by atoms with Crippen LogP contribution < -0.4 is 0 Å². The molecule has 3 aliphatic rings. The minimum absolute atomic E-state index is 0.0886. The molecule has 2 fully saturated rings. The first kappa shape index (κ1) is 16.8. The number of nitrogens with zero attached hydrogens (tertiary/aromatic N) is 2. The average molecular weight is 365 g/mol. The number of fused-ring (bicyclic) bond motifs is 5. The molecule has 0 spiro atoms. The predicted octanol–water partition coefficient (Wildman–Crippen LogP) is 3.33. The minimum atomic E-state index is -0.908. The van der Waals surface area contributed by atoms with E-state index in [1.54, 1.807) is 0 Å². The normalized spacial score (nSPS) is 26.9. The van der Waals surface area contributed by atoms with Crippen molar-refractivity contribution in [2.45, 2.75) is 63.5 Å². The summed E-state index contributed by atoms with van der Waals surface area (Å²) >= 11 is 0. The van der Waals surface area contributed by atoms with E-state index in [4.69, 9.17) is 0 Å². The maximum Gasteiger partial charge on any atom is 0.255 e. The van der Waals surface area contributed by atoms with Crippen molar-refractivity contribution in [3.8, 4) is 0 Å². The van der Waals surface area contributed by atoms with Gasteiger partial charge in [-0.2, -0.15) is 0 Å². The van der Waals surface area contributed by atoms with Crippen LogP contribution in [-0.2, 0) is 21.5 Å². The quantitative estimate of drug-likeness (QED) is 0.788. The molecule has 2 aromatic rings. The van der Waals surface area contributed by atoms with E-state index in [-0.39, 0.29) is 24.4 Å². The lowest BCUT2D eigenvalue weighted by Gasteiger charge is -2.51. The van der Waals surface area contributed by atoms with E-state index in [9.17, 15) is 9.59 Å². The van der Waals surface area contributed by atoms with Gasteiger partial charge in [-0.25, -0.2) is 0 Å². The molecule has 0 radical (unpaired) electrons. The highest BCUT2D eigenvalue weighted by molar-refractivity contribution is 6.00. The van der Waals surface area contributed by atoms with Crippen LogP contribution >= 0.6 is 0 Å². The second kappa shape index (κ2) is 6.11. The Morgan fingerprint density at radius 1 is 1.07 bits per heavy atom. The molecule has 2 aliphatic heterocycles. The first-order chi connectivity index (χ1) is 13.1. The van der Waals surface area contributed by atoms with Crippen molar-refractivity contribution in [2.75, 3.05) is 13.1 Å². The number of hydrogen-bond acceptors (Lipinski definition) is 2. The Hall–Kier alpha value is -2.30. The molecule has 0 bridgehead atoms. The van der Waals surface area contributed by atoms with E-state index in [1.807, 2.05) is 28.9 Å². The van der Waals surface area contributed by atoms with Gasteiger partial charge in [0.25, 0.3) is 5.91 Å². The Balaban J connectivity index is 1.61. The Morgan fingerprint density at radius 2 is 1.81 bits per heavy atom. The smallest absolute Gasteiger partial charge is 0.255 e. The lowest BCUT2D eigenvalue weighted by Crippen LogP contribution is -2.68. The van der Waals surface area contributed by atoms with Crippen molar-refractivity contribution >= 4 is 22.7 Å². The van der Waals surface area contributed by atoms with Gasteiger partial charge >= 0.3 is 0 Å². The zero-order valence-corrected chi connectivity index (χ0v) is 16.0. The maximum atomic E-state index is 13.8. The zero-order chi connectivity index (χ0) is 18.6. The number of hydrogen-bond donors (Lipinski definition) is 1. The topological polar surface area (TPSA) is 56.4 Å². The molecule has 1 aliphatic carbocycles. The SMILES string of the molecule is C[C@]12C(=O)N(C3CCCCCC3)CC(=O)N1CCc1c2[nH]c2ccccc12. The van der Waals surface area contributed by atoms with Crippen molar-refractivity contribution in [3.63, 3.8) is 0 Å². The average Bonchev–Trinajstić information content (AvgIpc) is 2.86. The van der Waals surface area contributed by atoms with E-state index < -0.39 is 5.54 Å². The Kier molecular flexibility index (Phi) is 3.81. The maximum absolute atomic E-state index is 13.8. The molecular weight excluding hydrogens is 338 g/mol. The van der Waals surface area contributed by atoms with E-state index in [2.05, 4.69) is 17.1 Å². The number of aromatic nitrogens is 1. The predicted molar refractivity (Wildman–Crippen MR) is 104 cm³/mol. The molecule has 1 aromatic heterocycles. The monoisotopic (exact) mass is 365 g/mol. The molecule has 5 heteroatoms. The van der Waals surface area contributed by atoms with Crippen LogP contribution in [0.3, 0.4) is 0 Å². The number of para-hydroxylation sites is 1. The molecular formula is C22H27N3O2. The molecule has 1 N–H and O–H groups in total. The van der Waals surface area contributed by atoms with Gasteiger partial charge < -0.3 is 14.8 Å². The number of H-pyrrole nitrogens is 1. The fourth-order valence-corrected chi connectivity index (χ4v) is 5.50. The van der Waals surface area contributed by atoms with Gasteiger partial charge in [0.2, 0.25) is 5.91 Å². The lowest BCUT2D eigenvalue weighted by atomic mass is 9.82. The minimum Gasteiger partial charge on any atom is -0.356 e. The number of aromatic amines is 1. The lowest BCUT2D eigenvalue weighted by molar-refractivity contribution is -0.168. The zero-order valence-electron chi connectivity index (χ0n) is 16.0. The molecule has 5 rings (SSSR count). The molecule has 1 saturated carbocycles. The van der Waals surface area contributed by atoms with Gasteiger partial charge in [-0.1, -0.05) is 43.9 Å². The van der Waals surface area contributed by atoms with Crippen LogP contribution in [0.1, 0.15) is 56.7 Å². The summed E-state index contributed by atoms with van der Waals surface area (Å²) in [4.78, 5) is 34.1. The molecule has 142 valence electrons. The highest BCUT2D eigenvalue weighted by Gasteiger charge is 2.55. The molecule has 3 heterocycles. The molecule has 1 aromatic carbocycles. The standard InChI is InChI=1S/C22H27N3O2/c1-22-20-17(16-10-6-7-11-18(16)23-20)12-13-25(22)19(26)14-24(21(22)27)15-8-4-2-3-5-9-15/h6-7,10-11,15,23H,2-5,8-9,12-14H2,1H3/t22-/m0/s1. The second-order valence-corrected chi connectivity index (χ2v) is 8.47. The van der Waals surface area contributed by atoms with E-state index in [0.29, 0.717) is 6.54 Å². The third kappa shape index (κ3) is 2.36. The molecule has 0 unspecified atom stereocenters. The highest BCUT2D eigenvalue weighted by atomic mass is 16.2. The summed E-state index contributed by atoms with van der Waals surface area (Å²) in [7, 11) is 0. The van der Waals surface area contributed by atoms with Crippen LogP contribution in [0.4, 0.5) is 0 Å². The molecule has 5 nitrogen and oxygen atoms in total. The molecule has 27 heavy (non-hydrogen) atoms. The summed E-state index contributed by atoms with van der Waals surface area (Å²) in [5, 5.41) is 1.18. The van der Waals surface area contributed by atoms with Crippen molar-refractivity contribution < 1.29 is 9.59 Å². The largest absolute Gasteiger partial charge is 0.356 e. The van der Waals surface area contributed by atoms with Crippen LogP contribution in [0.5, 0.6) is 0 Å². The van der Waals surface area contributed by atoms with Gasteiger partial charge in [0.05, 0.1) is 5.69 Å². The van der Waals surface area contributed by atoms with Crippen LogP contribution in [0.15, 0.2) is 24.3 Å². The van der Waals surface area contributed by atoms with E-state index in [1.165, 1.54) is 23.8 Å². The van der Waals surface area contributed by atoms with Crippen LogP contribution in [-0.4, -0.2) is 45.7 Å². The van der Waals surface area contributed by atoms with Gasteiger partial charge in [-0.05, 0) is 37.8 Å². The summed E-state index contributed by atoms with van der Waals surface area (Å²) < 4.78 is 0. The number of carbonyl (C=O) groups excluding carboxylic acids is 2. The van der Waals surface area contributed by atoms with Gasteiger partial charge in [0.15, 0.2) is 5.54 Å². The van der Waals surface area contributed by atoms with E-state index >= 15 is 0 Å². The third-order valence-corrected chi connectivity index (χ3v) is 6.98. The Labute approximate surface area is 159 Å². The van der Waals surface area contributed by atoms with Crippen LogP contribution in [0, 0.1) is 0 Å². The number of carbonyl (C=O) groups is 2. The summed E-state index contributed by atoms with van der Waals surface area (Å²) in [6, 6.07) is 8.42. The fourth-order valence-electron chi connectivity index (χ4n) is 5.50. The van der Waals surface area contributed by atoms with Crippen molar-refractivity contribution in [1.82, 2.24) is 14.8 Å². The Bertz CT molecular complexity index is 909. The number of piperazine rings is 1. The van der Waals surface area contributed by atoms with Crippen molar-refractivity contribution in [1.29, 1.82) is 0 Å². The number of benzene rings is 1. The Morgan fingerprint density at radius 3 is 2.59 bits per heavy atom.